The van der Waals surface area contributed by atoms with Gasteiger partial charge in [0, 0.05) is 30.7 Å². The summed E-state index contributed by atoms with van der Waals surface area (Å²) >= 11 is 0. The predicted molar refractivity (Wildman–Crippen MR) is 81.9 cm³/mol. The summed E-state index contributed by atoms with van der Waals surface area (Å²) in [5.74, 6) is 0.984. The summed E-state index contributed by atoms with van der Waals surface area (Å²) in [7, 11) is 0. The molecule has 0 spiro atoms. The summed E-state index contributed by atoms with van der Waals surface area (Å²) in [6.45, 7) is 1.05. The number of nitrogens with zero attached hydrogens (tertiary/aromatic N) is 4. The van der Waals surface area contributed by atoms with E-state index < -0.39 is 0 Å². The van der Waals surface area contributed by atoms with Gasteiger partial charge in [0.2, 0.25) is 0 Å². The Balaban J connectivity index is 1.66. The van der Waals surface area contributed by atoms with E-state index in [1.165, 1.54) is 12.8 Å². The molecule has 0 aromatic carbocycles. The first-order valence-electron chi connectivity index (χ1n) is 7.39. The van der Waals surface area contributed by atoms with E-state index in [-0.39, 0.29) is 0 Å². The summed E-state index contributed by atoms with van der Waals surface area (Å²) in [4.78, 5) is 11.2. The van der Waals surface area contributed by atoms with Gasteiger partial charge in [-0.2, -0.15) is 5.26 Å². The summed E-state index contributed by atoms with van der Waals surface area (Å²) in [6.07, 6.45) is 8.01. The zero-order valence-electron chi connectivity index (χ0n) is 11.9. The van der Waals surface area contributed by atoms with Crippen LogP contribution in [0.2, 0.25) is 0 Å². The van der Waals surface area contributed by atoms with E-state index in [1.807, 2.05) is 30.5 Å². The minimum atomic E-state index is 0.521. The monoisotopic (exact) mass is 278 g/mol. The molecule has 0 amide bonds. The van der Waals surface area contributed by atoms with E-state index in [1.54, 1.807) is 6.20 Å². The Morgan fingerprint density at radius 3 is 2.90 bits per heavy atom. The van der Waals surface area contributed by atoms with E-state index in [0.29, 0.717) is 11.6 Å². The van der Waals surface area contributed by atoms with Crippen LogP contribution in [0.5, 0.6) is 0 Å². The predicted octanol–water partition coefficient (Wildman–Crippen LogP) is 2.95. The molecule has 2 aromatic heterocycles. The highest BCUT2D eigenvalue weighted by atomic mass is 15.2. The molecule has 3 heterocycles. The topological polar surface area (TPSA) is 52.8 Å². The smallest absolute Gasteiger partial charge is 0.128 e. The van der Waals surface area contributed by atoms with Crippen LogP contribution in [0.4, 0.5) is 5.82 Å². The van der Waals surface area contributed by atoms with Gasteiger partial charge >= 0.3 is 0 Å². The van der Waals surface area contributed by atoms with Gasteiger partial charge in [-0.15, -0.1) is 0 Å². The van der Waals surface area contributed by atoms with Gasteiger partial charge in [0.15, 0.2) is 0 Å². The van der Waals surface area contributed by atoms with Gasteiger partial charge < -0.3 is 4.90 Å². The Morgan fingerprint density at radius 2 is 2.19 bits per heavy atom. The molecule has 2 aromatic rings. The van der Waals surface area contributed by atoms with Gasteiger partial charge in [0.1, 0.15) is 11.9 Å². The molecular weight excluding hydrogens is 260 g/mol. The number of aromatic nitrogens is 2. The number of nitriles is 1. The summed E-state index contributed by atoms with van der Waals surface area (Å²) < 4.78 is 0. The lowest BCUT2D eigenvalue weighted by atomic mass is 10.1. The fraction of sp³-hybridized carbons (Fsp3) is 0.353. The first-order valence-corrected chi connectivity index (χ1v) is 7.39. The normalized spacial score (nSPS) is 17.7. The quantitative estimate of drug-likeness (QED) is 0.862. The van der Waals surface area contributed by atoms with Crippen molar-refractivity contribution in [2.75, 3.05) is 11.4 Å². The maximum Gasteiger partial charge on any atom is 0.128 e. The highest BCUT2D eigenvalue weighted by Crippen LogP contribution is 2.26. The molecule has 0 unspecified atom stereocenters. The Morgan fingerprint density at radius 1 is 1.24 bits per heavy atom. The second kappa shape index (κ2) is 6.36. The molecule has 4 nitrogen and oxygen atoms in total. The lowest BCUT2D eigenvalue weighted by molar-refractivity contribution is 0.601. The molecule has 0 saturated carbocycles. The van der Waals surface area contributed by atoms with E-state index in [9.17, 15) is 0 Å². The number of rotatable bonds is 4. The summed E-state index contributed by atoms with van der Waals surface area (Å²) in [5.41, 5.74) is 1.76. The van der Waals surface area contributed by atoms with Crippen molar-refractivity contribution in [3.8, 4) is 6.07 Å². The Labute approximate surface area is 125 Å². The second-order valence-corrected chi connectivity index (χ2v) is 5.37. The van der Waals surface area contributed by atoms with E-state index >= 15 is 0 Å². The molecule has 106 valence electrons. The number of pyridine rings is 2. The molecular formula is C17H18N4. The van der Waals surface area contributed by atoms with Crippen LogP contribution in [0.25, 0.3) is 0 Å². The third-order valence-corrected chi connectivity index (χ3v) is 4.01. The van der Waals surface area contributed by atoms with Crippen molar-refractivity contribution in [2.24, 2.45) is 0 Å². The Hall–Kier alpha value is -2.41. The zero-order chi connectivity index (χ0) is 14.5. The van der Waals surface area contributed by atoms with Crippen molar-refractivity contribution in [2.45, 2.75) is 31.7 Å². The molecule has 1 saturated heterocycles. The van der Waals surface area contributed by atoms with Gasteiger partial charge in [-0.25, -0.2) is 4.98 Å². The first kappa shape index (κ1) is 13.6. The van der Waals surface area contributed by atoms with Crippen molar-refractivity contribution in [3.63, 3.8) is 0 Å². The first-order chi connectivity index (χ1) is 10.4. The molecule has 1 aliphatic rings. The third-order valence-electron chi connectivity index (χ3n) is 4.01. The number of hydrogen-bond acceptors (Lipinski definition) is 4. The molecule has 1 aliphatic heterocycles. The van der Waals surface area contributed by atoms with Crippen LogP contribution >= 0.6 is 0 Å². The van der Waals surface area contributed by atoms with Crippen molar-refractivity contribution < 1.29 is 0 Å². The van der Waals surface area contributed by atoms with Crippen LogP contribution in [0.3, 0.4) is 0 Å². The van der Waals surface area contributed by atoms with Crippen LogP contribution in [0.15, 0.2) is 42.7 Å². The molecule has 3 rings (SSSR count). The van der Waals surface area contributed by atoms with Crippen LogP contribution in [-0.4, -0.2) is 22.6 Å². The minimum Gasteiger partial charge on any atom is -0.354 e. The lowest BCUT2D eigenvalue weighted by Gasteiger charge is -2.25. The standard InChI is InChI=1S/C17H18N4/c18-12-14-6-9-17(20-13-14)21-11-3-5-16(21)8-7-15-4-1-2-10-19-15/h1-2,4,6,9-10,13,16H,3,5,7-8,11H2/t16-/m1/s1. The molecule has 0 N–H and O–H groups in total. The van der Waals surface area contributed by atoms with Gasteiger partial charge in [-0.1, -0.05) is 6.07 Å². The molecule has 1 fully saturated rings. The molecule has 21 heavy (non-hydrogen) atoms. The van der Waals surface area contributed by atoms with Crippen LogP contribution < -0.4 is 4.90 Å². The fourth-order valence-electron chi connectivity index (χ4n) is 2.92. The van der Waals surface area contributed by atoms with Gasteiger partial charge in [0.25, 0.3) is 0 Å². The molecule has 0 aliphatic carbocycles. The fourth-order valence-corrected chi connectivity index (χ4v) is 2.92. The van der Waals surface area contributed by atoms with E-state index in [0.717, 1.165) is 30.9 Å². The van der Waals surface area contributed by atoms with Gasteiger partial charge in [-0.05, 0) is 49.9 Å². The highest BCUT2D eigenvalue weighted by Gasteiger charge is 2.25. The molecule has 0 radical (unpaired) electrons. The van der Waals surface area contributed by atoms with Crippen LogP contribution in [0.1, 0.15) is 30.5 Å². The molecule has 4 heteroatoms. The third kappa shape index (κ3) is 3.19. The zero-order valence-corrected chi connectivity index (χ0v) is 11.9. The maximum atomic E-state index is 8.85. The SMILES string of the molecule is N#Cc1ccc(N2CCC[C@@H]2CCc2ccccn2)nc1. The van der Waals surface area contributed by atoms with Crippen LogP contribution in [0, 0.1) is 11.3 Å². The summed E-state index contributed by atoms with van der Waals surface area (Å²) in [6, 6.07) is 12.5. The van der Waals surface area contributed by atoms with Gasteiger partial charge in [0.05, 0.1) is 5.56 Å². The second-order valence-electron chi connectivity index (χ2n) is 5.37. The Bertz CT molecular complexity index is 615. The van der Waals surface area contributed by atoms with Crippen LogP contribution in [-0.2, 0) is 6.42 Å². The van der Waals surface area contributed by atoms with Gasteiger partial charge in [-0.3, -0.25) is 4.98 Å². The minimum absolute atomic E-state index is 0.521. The molecule has 0 bridgehead atoms. The summed E-state index contributed by atoms with van der Waals surface area (Å²) in [5, 5.41) is 8.85. The number of anilines is 1. The lowest BCUT2D eigenvalue weighted by Crippen LogP contribution is -2.30. The number of hydrogen-bond donors (Lipinski definition) is 0. The van der Waals surface area contributed by atoms with Crippen molar-refractivity contribution in [3.05, 3.63) is 54.0 Å². The number of aryl methyl sites for hydroxylation is 1. The van der Waals surface area contributed by atoms with Crippen molar-refractivity contribution in [1.29, 1.82) is 5.26 Å². The van der Waals surface area contributed by atoms with Crippen molar-refractivity contribution >= 4 is 5.82 Å². The average molecular weight is 278 g/mol. The van der Waals surface area contributed by atoms with Crippen molar-refractivity contribution in [1.82, 2.24) is 9.97 Å². The highest BCUT2D eigenvalue weighted by molar-refractivity contribution is 5.43. The van der Waals surface area contributed by atoms with E-state index in [2.05, 4.69) is 27.0 Å². The maximum absolute atomic E-state index is 8.85. The Kier molecular flexibility index (Phi) is 4.11. The van der Waals surface area contributed by atoms with E-state index in [4.69, 9.17) is 5.26 Å². The average Bonchev–Trinajstić information content (AvgIpc) is 3.02. The molecule has 1 atom stereocenters. The largest absolute Gasteiger partial charge is 0.354 e.